The standard InChI is InChI=1S/C29H32NO.C27H28NO.C24H22NO.3C13H24O2.3Ir/c1-18-9-19(2)11-20(10-18)25-14-22-15-26(31-27(22)17-30-25)21-12-23(28(3,4)5)16-24(13-21)29(6,7)8;1-16(2)22-8-7-9-23(17(3)4)27(22)25-14-21-13-24(28-15-26(21)29-25)20-11-18(5)10-19(6)12-20;1-15(2)18-5-7-19(8-6-18)23-13-21-12-22(25-14-24(21)26-23)20-10-16(3)9-17(4)11-20;3*1-5-10(6-2)12(14)9-13(15)11(7-3)8-4;;;/h9-10,12-17H,1-8H3;7-11,13-17H,1-6H3;5-10,12-15H,1-4H3;3*9-11,14H,5-8H2,1-4H3;;;/q3*-1;;;;;;. The van der Waals surface area contributed by atoms with Crippen LogP contribution in [0.1, 0.15) is 322 Å². The number of carbonyl (C=O) groups excluding carboxylic acids is 3. The summed E-state index contributed by atoms with van der Waals surface area (Å²) >= 11 is 0. The normalized spacial score (nSPS) is 11.9. The summed E-state index contributed by atoms with van der Waals surface area (Å²) in [5.41, 5.74) is 25.5. The molecule has 0 spiro atoms. The van der Waals surface area contributed by atoms with E-state index in [-0.39, 0.29) is 141 Å². The predicted octanol–water partition coefficient (Wildman–Crippen LogP) is 34.3. The minimum atomic E-state index is 0. The topological polar surface area (TPSA) is 190 Å². The fourth-order valence-corrected chi connectivity index (χ4v) is 16.6. The summed E-state index contributed by atoms with van der Waals surface area (Å²) in [6.07, 6.45) is 20.2. The maximum Gasteiger partial charge on any atom is 0.162 e. The van der Waals surface area contributed by atoms with Gasteiger partial charge < -0.3 is 43.5 Å². The summed E-state index contributed by atoms with van der Waals surface area (Å²) in [6, 6.07) is 57.7. The number of nitrogens with zero attached hydrogens (tertiary/aromatic N) is 3. The van der Waals surface area contributed by atoms with E-state index < -0.39 is 0 Å². The van der Waals surface area contributed by atoms with E-state index >= 15 is 0 Å². The zero-order chi connectivity index (χ0) is 97.1. The summed E-state index contributed by atoms with van der Waals surface area (Å²) in [5.74, 6) is 5.71. The van der Waals surface area contributed by atoms with Crippen LogP contribution in [0.2, 0.25) is 0 Å². The van der Waals surface area contributed by atoms with Gasteiger partial charge in [0, 0.05) is 147 Å². The van der Waals surface area contributed by atoms with Crippen molar-refractivity contribution in [1.29, 1.82) is 0 Å². The van der Waals surface area contributed by atoms with Crippen LogP contribution in [0, 0.1) is 95.2 Å². The molecule has 12 aromatic rings. The van der Waals surface area contributed by atoms with E-state index in [9.17, 15) is 29.7 Å². The van der Waals surface area contributed by atoms with Crippen LogP contribution >= 0.6 is 0 Å². The second kappa shape index (κ2) is 55.4. The number of furan rings is 3. The Morgan fingerprint density at radius 3 is 0.881 bits per heavy atom. The number of benzene rings is 6. The third kappa shape index (κ3) is 33.4. The van der Waals surface area contributed by atoms with Crippen molar-refractivity contribution < 1.29 is 103 Å². The van der Waals surface area contributed by atoms with Crippen LogP contribution in [0.5, 0.6) is 0 Å². The third-order valence-corrected chi connectivity index (χ3v) is 25.2. The van der Waals surface area contributed by atoms with Gasteiger partial charge in [0.25, 0.3) is 0 Å². The molecule has 3 radical (unpaired) electrons. The first-order valence-corrected chi connectivity index (χ1v) is 48.5. The smallest absolute Gasteiger partial charge is 0.162 e. The molecular weight excluding hydrogens is 2190 g/mol. The summed E-state index contributed by atoms with van der Waals surface area (Å²) in [7, 11) is 0. The van der Waals surface area contributed by atoms with Gasteiger partial charge >= 0.3 is 0 Å². The molecule has 15 heteroatoms. The first-order chi connectivity index (χ1) is 62.0. The van der Waals surface area contributed by atoms with Gasteiger partial charge in [-0.25, -0.2) is 0 Å². The zero-order valence-electron chi connectivity index (χ0n) is 86.0. The molecule has 0 saturated heterocycles. The number of hydrogen-bond donors (Lipinski definition) is 3. The molecule has 0 aliphatic carbocycles. The predicted molar refractivity (Wildman–Crippen MR) is 551 cm³/mol. The van der Waals surface area contributed by atoms with Crippen molar-refractivity contribution in [2.45, 2.75) is 313 Å². The van der Waals surface area contributed by atoms with Gasteiger partial charge in [0.15, 0.2) is 34.1 Å². The van der Waals surface area contributed by atoms with Crippen molar-refractivity contribution in [1.82, 2.24) is 15.0 Å². The van der Waals surface area contributed by atoms with Gasteiger partial charge in [0.05, 0.1) is 35.9 Å². The first kappa shape index (κ1) is 117. The van der Waals surface area contributed by atoms with Gasteiger partial charge in [-0.3, -0.25) is 14.4 Å². The van der Waals surface area contributed by atoms with Crippen LogP contribution in [-0.4, -0.2) is 47.6 Å². The Bertz CT molecular complexity index is 5580. The molecule has 0 bridgehead atoms. The number of carbonyl (C=O) groups is 3. The Morgan fingerprint density at radius 1 is 0.343 bits per heavy atom. The number of rotatable bonds is 30. The molecule has 0 atom stereocenters. The van der Waals surface area contributed by atoms with Gasteiger partial charge in [-0.05, 0) is 181 Å². The van der Waals surface area contributed by atoms with Gasteiger partial charge in [0.1, 0.15) is 17.3 Å². The molecular formula is C119H154Ir3N3O9-3. The number of allylic oxidation sites excluding steroid dienone is 6. The van der Waals surface area contributed by atoms with Crippen LogP contribution in [-0.2, 0) is 85.5 Å². The average Bonchev–Trinajstić information content (AvgIpc) is 1.69. The summed E-state index contributed by atoms with van der Waals surface area (Å²) in [4.78, 5) is 49.0. The molecule has 3 N–H and O–H groups in total. The van der Waals surface area contributed by atoms with Crippen molar-refractivity contribution in [3.63, 3.8) is 0 Å². The van der Waals surface area contributed by atoms with E-state index in [1.54, 1.807) is 0 Å². The molecule has 0 amide bonds. The van der Waals surface area contributed by atoms with Crippen molar-refractivity contribution in [3.05, 3.63) is 267 Å². The van der Waals surface area contributed by atoms with Crippen LogP contribution in [0.25, 0.3) is 101 Å². The van der Waals surface area contributed by atoms with Crippen molar-refractivity contribution in [2.24, 2.45) is 35.5 Å². The molecule has 0 fully saturated rings. The number of fused-ring (bicyclic) bond motifs is 3. The Kier molecular flexibility index (Phi) is 48.5. The van der Waals surface area contributed by atoms with Crippen LogP contribution in [0.3, 0.4) is 0 Å². The van der Waals surface area contributed by atoms with Crippen LogP contribution in [0.4, 0.5) is 0 Å². The van der Waals surface area contributed by atoms with Gasteiger partial charge in [-0.1, -0.05) is 274 Å². The largest absolute Gasteiger partial charge is 0.512 e. The van der Waals surface area contributed by atoms with Crippen LogP contribution in [0.15, 0.2) is 201 Å². The van der Waals surface area contributed by atoms with Gasteiger partial charge in [-0.2, -0.15) is 0 Å². The van der Waals surface area contributed by atoms with E-state index in [1.807, 2.05) is 102 Å². The average molecular weight is 2350 g/mol. The van der Waals surface area contributed by atoms with E-state index in [4.69, 9.17) is 13.3 Å². The van der Waals surface area contributed by atoms with Gasteiger partial charge in [0.2, 0.25) is 0 Å². The number of aliphatic hydroxyl groups is 3. The Balaban J connectivity index is 0.000000344. The molecule has 0 saturated carbocycles. The fraction of sp³-hybridized carbons (Fsp3) is 0.445. The molecule has 6 aromatic carbocycles. The van der Waals surface area contributed by atoms with Crippen molar-refractivity contribution in [3.8, 4) is 67.7 Å². The Morgan fingerprint density at radius 2 is 0.619 bits per heavy atom. The van der Waals surface area contributed by atoms with Crippen molar-refractivity contribution in [2.75, 3.05) is 0 Å². The quantitative estimate of drug-likeness (QED) is 0.0220. The number of ketones is 3. The molecule has 0 aliphatic rings. The molecule has 12 nitrogen and oxygen atoms in total. The SMILES string of the molecule is CCC(CC)C(=O)C=C(O)C(CC)CC.CCC(CC)C(=O)C=C(O)C(CC)CC.CCC(CC)C(=O)C=C(O)C(CC)CC.Cc1[c-]c(-c2cc3cc(-c4c(C(C)C)cccc4C(C)C)oc3cn2)cc(C)c1.Cc1[c-]c(-c2cc3cc(-c4cc(C(C)(C)C)cc(C(C)(C)C)c4)oc3cn2)cc(C)c1.Cc1[c-]c(-c2cc3cc(-c4ccc(C(C)C)cc4)oc3cn2)cc(C)c1.[Ir].[Ir].[Ir]. The number of aliphatic hydroxyl groups excluding tert-OH is 3. The monoisotopic (exact) mass is 2350 g/mol. The van der Waals surface area contributed by atoms with Gasteiger partial charge in [-0.15, -0.1) is 105 Å². The van der Waals surface area contributed by atoms with E-state index in [2.05, 4.69) is 291 Å². The maximum atomic E-state index is 11.7. The van der Waals surface area contributed by atoms with E-state index in [1.165, 1.54) is 68.3 Å². The number of pyridine rings is 3. The third-order valence-electron chi connectivity index (χ3n) is 25.2. The summed E-state index contributed by atoms with van der Waals surface area (Å²) in [5, 5.41) is 32.5. The molecule has 0 aliphatic heterocycles. The minimum Gasteiger partial charge on any atom is -0.512 e. The second-order valence-electron chi connectivity index (χ2n) is 38.6. The van der Waals surface area contributed by atoms with Crippen LogP contribution < -0.4 is 0 Å². The minimum absolute atomic E-state index is 0. The number of aromatic nitrogens is 3. The first-order valence-electron chi connectivity index (χ1n) is 48.5. The molecule has 6 aromatic heterocycles. The molecule has 12 rings (SSSR count). The Labute approximate surface area is 845 Å². The zero-order valence-corrected chi connectivity index (χ0v) is 93.2. The van der Waals surface area contributed by atoms with E-state index in [0.29, 0.717) is 17.8 Å². The second-order valence-corrected chi connectivity index (χ2v) is 38.6. The molecule has 729 valence electrons. The Hall–Kier alpha value is -9.03. The maximum absolute atomic E-state index is 11.7. The molecule has 134 heavy (non-hydrogen) atoms. The number of hydrogen-bond acceptors (Lipinski definition) is 12. The fourth-order valence-electron chi connectivity index (χ4n) is 16.6. The molecule has 0 unspecified atom stereocenters. The summed E-state index contributed by atoms with van der Waals surface area (Å²) in [6.45, 7) is 63.6. The number of aryl methyl sites for hydroxylation is 6. The van der Waals surface area contributed by atoms with Crippen molar-refractivity contribution >= 4 is 50.3 Å². The molecule has 6 heterocycles. The van der Waals surface area contributed by atoms with E-state index in [0.717, 1.165) is 189 Å². The summed E-state index contributed by atoms with van der Waals surface area (Å²) < 4.78 is 18.6.